The lowest BCUT2D eigenvalue weighted by molar-refractivity contribution is 0.0937. The van der Waals surface area contributed by atoms with Gasteiger partial charge in [-0.2, -0.15) is 0 Å². The van der Waals surface area contributed by atoms with E-state index in [1.807, 2.05) is 23.8 Å². The van der Waals surface area contributed by atoms with Crippen molar-refractivity contribution < 1.29 is 4.79 Å². The van der Waals surface area contributed by atoms with E-state index in [0.29, 0.717) is 5.69 Å². The van der Waals surface area contributed by atoms with Gasteiger partial charge in [-0.3, -0.25) is 4.79 Å². The summed E-state index contributed by atoms with van der Waals surface area (Å²) in [7, 11) is 0. The zero-order valence-corrected chi connectivity index (χ0v) is 11.3. The van der Waals surface area contributed by atoms with Gasteiger partial charge in [0.05, 0.1) is 0 Å². The molecule has 0 radical (unpaired) electrons. The Morgan fingerprint density at radius 1 is 1.75 bits per heavy atom. The molecule has 4 heteroatoms. The average Bonchev–Trinajstić information content (AvgIpc) is 2.60. The highest BCUT2D eigenvalue weighted by Crippen LogP contribution is 2.15. The molecule has 1 heterocycles. The Hall–Kier alpha value is -1.03. The maximum atomic E-state index is 11.9. The van der Waals surface area contributed by atoms with Crippen LogP contribution >= 0.6 is 15.9 Å². The minimum atomic E-state index is -0.0634. The van der Waals surface area contributed by atoms with E-state index in [-0.39, 0.29) is 11.9 Å². The van der Waals surface area contributed by atoms with E-state index in [1.54, 1.807) is 6.08 Å². The molecule has 3 nitrogen and oxygen atoms in total. The number of hydrogen-bond donors (Lipinski definition) is 1. The number of aryl methyl sites for hydroxylation is 1. The number of aromatic nitrogens is 1. The Morgan fingerprint density at radius 2 is 2.44 bits per heavy atom. The number of halogens is 1. The summed E-state index contributed by atoms with van der Waals surface area (Å²) in [5.74, 6) is -0.0634. The van der Waals surface area contributed by atoms with Crippen molar-refractivity contribution in [1.29, 1.82) is 0 Å². The van der Waals surface area contributed by atoms with Gasteiger partial charge in [0.1, 0.15) is 5.69 Å². The van der Waals surface area contributed by atoms with E-state index in [4.69, 9.17) is 0 Å². The lowest BCUT2D eigenvalue weighted by Crippen LogP contribution is -2.32. The van der Waals surface area contributed by atoms with Crippen LogP contribution in [0.4, 0.5) is 0 Å². The molecule has 1 aromatic rings. The molecule has 0 bridgehead atoms. The maximum Gasteiger partial charge on any atom is 0.268 e. The molecule has 1 rings (SSSR count). The topological polar surface area (TPSA) is 34.0 Å². The summed E-state index contributed by atoms with van der Waals surface area (Å²) in [5, 5.41) is 2.86. The van der Waals surface area contributed by atoms with Crippen molar-refractivity contribution >= 4 is 21.8 Å². The van der Waals surface area contributed by atoms with Crippen LogP contribution in [0.25, 0.3) is 0 Å². The van der Waals surface area contributed by atoms with Crippen LogP contribution in [0.2, 0.25) is 0 Å². The Labute approximate surface area is 105 Å². The first-order chi connectivity index (χ1) is 7.58. The van der Waals surface area contributed by atoms with Gasteiger partial charge in [-0.15, -0.1) is 6.58 Å². The Morgan fingerprint density at radius 3 is 3.00 bits per heavy atom. The Balaban J connectivity index is 2.85. The molecule has 0 aromatic carbocycles. The fourth-order valence-corrected chi connectivity index (χ4v) is 1.89. The van der Waals surface area contributed by atoms with Crippen LogP contribution in [-0.4, -0.2) is 16.5 Å². The van der Waals surface area contributed by atoms with Crippen molar-refractivity contribution in [2.45, 2.75) is 32.9 Å². The third-order valence-electron chi connectivity index (χ3n) is 2.27. The first kappa shape index (κ1) is 13.0. The highest BCUT2D eigenvalue weighted by atomic mass is 79.9. The van der Waals surface area contributed by atoms with E-state index in [2.05, 4.69) is 34.7 Å². The molecular weight excluding hydrogens is 268 g/mol. The molecule has 1 unspecified atom stereocenters. The van der Waals surface area contributed by atoms with Gasteiger partial charge in [-0.05, 0) is 35.3 Å². The lowest BCUT2D eigenvalue weighted by atomic mass is 10.3. The van der Waals surface area contributed by atoms with E-state index in [9.17, 15) is 4.79 Å². The molecule has 0 saturated heterocycles. The number of carbonyl (C=O) groups is 1. The van der Waals surface area contributed by atoms with Crippen molar-refractivity contribution in [3.63, 3.8) is 0 Å². The van der Waals surface area contributed by atoms with Crippen LogP contribution in [0, 0.1) is 0 Å². The minimum absolute atomic E-state index is 0.0174. The zero-order chi connectivity index (χ0) is 12.1. The number of carbonyl (C=O) groups excluding carboxylic acids is 1. The van der Waals surface area contributed by atoms with Crippen LogP contribution in [0.15, 0.2) is 29.4 Å². The first-order valence-electron chi connectivity index (χ1n) is 5.37. The number of amides is 1. The van der Waals surface area contributed by atoms with Crippen molar-refractivity contribution in [3.05, 3.63) is 35.1 Å². The average molecular weight is 285 g/mol. The smallest absolute Gasteiger partial charge is 0.268 e. The van der Waals surface area contributed by atoms with Crippen LogP contribution in [-0.2, 0) is 6.54 Å². The van der Waals surface area contributed by atoms with Gasteiger partial charge in [0.2, 0.25) is 0 Å². The van der Waals surface area contributed by atoms with E-state index in [1.165, 1.54) is 0 Å². The molecule has 16 heavy (non-hydrogen) atoms. The molecule has 1 atom stereocenters. The second-order valence-electron chi connectivity index (χ2n) is 3.73. The summed E-state index contributed by atoms with van der Waals surface area (Å²) in [5.41, 5.74) is 0.683. The molecule has 1 amide bonds. The fraction of sp³-hybridized carbons (Fsp3) is 0.417. The molecule has 0 aliphatic rings. The minimum Gasteiger partial charge on any atom is -0.345 e. The van der Waals surface area contributed by atoms with Crippen LogP contribution in [0.1, 0.15) is 30.8 Å². The Kier molecular flexibility index (Phi) is 4.80. The number of rotatable bonds is 5. The summed E-state index contributed by atoms with van der Waals surface area (Å²) in [4.78, 5) is 11.9. The normalized spacial score (nSPS) is 12.2. The van der Waals surface area contributed by atoms with Crippen molar-refractivity contribution in [3.8, 4) is 0 Å². The van der Waals surface area contributed by atoms with Gasteiger partial charge in [0.15, 0.2) is 0 Å². The third kappa shape index (κ3) is 3.23. The molecule has 0 fully saturated rings. The predicted octanol–water partition coefficient (Wildman–Crippen LogP) is 2.96. The zero-order valence-electron chi connectivity index (χ0n) is 9.66. The molecule has 1 N–H and O–H groups in total. The van der Waals surface area contributed by atoms with E-state index in [0.717, 1.165) is 17.4 Å². The van der Waals surface area contributed by atoms with Gasteiger partial charge in [-0.25, -0.2) is 0 Å². The predicted molar refractivity (Wildman–Crippen MR) is 69.5 cm³/mol. The quantitative estimate of drug-likeness (QED) is 0.829. The standard InChI is InChI=1S/C12H17BrN2O/c1-4-6-15-8-10(13)7-11(15)12(16)14-9(3)5-2/h5,7-9H,2,4,6H2,1,3H3,(H,14,16). The van der Waals surface area contributed by atoms with E-state index >= 15 is 0 Å². The number of hydrogen-bond acceptors (Lipinski definition) is 1. The largest absolute Gasteiger partial charge is 0.345 e. The molecule has 0 saturated carbocycles. The highest BCUT2D eigenvalue weighted by Gasteiger charge is 2.13. The van der Waals surface area contributed by atoms with Gasteiger partial charge in [0.25, 0.3) is 5.91 Å². The van der Waals surface area contributed by atoms with Gasteiger partial charge in [-0.1, -0.05) is 13.0 Å². The summed E-state index contributed by atoms with van der Waals surface area (Å²) in [6, 6.07) is 1.82. The van der Waals surface area contributed by atoms with Crippen molar-refractivity contribution in [1.82, 2.24) is 9.88 Å². The molecule has 88 valence electrons. The maximum absolute atomic E-state index is 11.9. The first-order valence-corrected chi connectivity index (χ1v) is 6.16. The molecule has 1 aromatic heterocycles. The van der Waals surface area contributed by atoms with Crippen molar-refractivity contribution in [2.75, 3.05) is 0 Å². The Bertz CT molecular complexity index is 384. The van der Waals surface area contributed by atoms with Crippen LogP contribution < -0.4 is 5.32 Å². The number of nitrogens with zero attached hydrogens (tertiary/aromatic N) is 1. The van der Waals surface area contributed by atoms with Crippen LogP contribution in [0.3, 0.4) is 0 Å². The van der Waals surface area contributed by atoms with E-state index < -0.39 is 0 Å². The summed E-state index contributed by atoms with van der Waals surface area (Å²) < 4.78 is 2.88. The molecule has 0 spiro atoms. The summed E-state index contributed by atoms with van der Waals surface area (Å²) in [6.07, 6.45) is 4.63. The van der Waals surface area contributed by atoms with Crippen LogP contribution in [0.5, 0.6) is 0 Å². The second-order valence-corrected chi connectivity index (χ2v) is 4.65. The molecular formula is C12H17BrN2O. The monoisotopic (exact) mass is 284 g/mol. The fourth-order valence-electron chi connectivity index (χ4n) is 1.43. The van der Waals surface area contributed by atoms with Gasteiger partial charge >= 0.3 is 0 Å². The van der Waals surface area contributed by atoms with Crippen molar-refractivity contribution in [2.24, 2.45) is 0 Å². The van der Waals surface area contributed by atoms with Gasteiger partial charge in [0, 0.05) is 23.3 Å². The summed E-state index contributed by atoms with van der Waals surface area (Å²) >= 11 is 3.38. The number of nitrogens with one attached hydrogen (secondary N) is 1. The third-order valence-corrected chi connectivity index (χ3v) is 2.71. The van der Waals surface area contributed by atoms with Gasteiger partial charge < -0.3 is 9.88 Å². The summed E-state index contributed by atoms with van der Waals surface area (Å²) in [6.45, 7) is 8.47. The molecule has 0 aliphatic carbocycles. The highest BCUT2D eigenvalue weighted by molar-refractivity contribution is 9.10. The second kappa shape index (κ2) is 5.89. The lowest BCUT2D eigenvalue weighted by Gasteiger charge is -2.11. The molecule has 0 aliphatic heterocycles. The SMILES string of the molecule is C=CC(C)NC(=O)c1cc(Br)cn1CCC.